The summed E-state index contributed by atoms with van der Waals surface area (Å²) in [5.74, 6) is 2.61. The van der Waals surface area contributed by atoms with Gasteiger partial charge in [0.05, 0.1) is 0 Å². The van der Waals surface area contributed by atoms with Crippen LogP contribution in [-0.4, -0.2) is 24.2 Å². The van der Waals surface area contributed by atoms with E-state index in [0.717, 1.165) is 47.6 Å². The number of nitrogens with zero attached hydrogens (tertiary/aromatic N) is 3. The lowest BCUT2D eigenvalue weighted by Crippen LogP contribution is -2.17. The summed E-state index contributed by atoms with van der Waals surface area (Å²) in [6.45, 7) is 0. The Kier molecular flexibility index (Phi) is 5.37. The number of hydrogen-bond acceptors (Lipinski definition) is 6. The van der Waals surface area contributed by atoms with Crippen LogP contribution in [0, 0.1) is 0 Å². The number of anilines is 1. The Labute approximate surface area is 187 Å². The number of rotatable bonds is 5. The van der Waals surface area contributed by atoms with Crippen LogP contribution < -0.4 is 15.4 Å². The summed E-state index contributed by atoms with van der Waals surface area (Å²) in [5.41, 5.74) is 11.6. The Bertz CT molecular complexity index is 1230. The predicted octanol–water partition coefficient (Wildman–Crippen LogP) is 5.60. The fraction of sp³-hybridized carbons (Fsp3) is 0.231. The monoisotopic (exact) mass is 426 g/mol. The van der Waals surface area contributed by atoms with Crippen molar-refractivity contribution in [1.82, 2.24) is 10.1 Å². The summed E-state index contributed by atoms with van der Waals surface area (Å²) in [7, 11) is 4.01. The fourth-order valence-corrected chi connectivity index (χ4v) is 4.08. The largest absolute Gasteiger partial charge is 0.457 e. The van der Waals surface area contributed by atoms with Gasteiger partial charge in [-0.3, -0.25) is 0 Å². The molecule has 0 spiro atoms. The summed E-state index contributed by atoms with van der Waals surface area (Å²) in [6, 6.07) is 22.0. The van der Waals surface area contributed by atoms with Crippen LogP contribution in [0.4, 0.5) is 5.69 Å². The van der Waals surface area contributed by atoms with Crippen molar-refractivity contribution in [2.45, 2.75) is 25.3 Å². The quantitative estimate of drug-likeness (QED) is 0.448. The van der Waals surface area contributed by atoms with Gasteiger partial charge in [0.1, 0.15) is 11.5 Å². The average molecular weight is 427 g/mol. The molecule has 5 rings (SSSR count). The summed E-state index contributed by atoms with van der Waals surface area (Å²) in [6.07, 6.45) is 3.19. The minimum absolute atomic E-state index is 0.122. The average Bonchev–Trinajstić information content (AvgIpc) is 3.30. The molecule has 3 aromatic carbocycles. The normalized spacial score (nSPS) is 15.3. The number of nitrogens with two attached hydrogens (primary N) is 1. The maximum absolute atomic E-state index is 6.23. The SMILES string of the molecule is CN(C)c1cccc(Oc2ccc(-c3noc(-c4ccc5c(c4)CCCC5N)n3)cc2)c1. The molecular formula is C26H26N4O2. The van der Waals surface area contributed by atoms with Crippen LogP contribution in [0.2, 0.25) is 0 Å². The number of aryl methyl sites for hydroxylation is 1. The first kappa shape index (κ1) is 20.3. The van der Waals surface area contributed by atoms with Gasteiger partial charge in [0.25, 0.3) is 5.89 Å². The van der Waals surface area contributed by atoms with Crippen molar-refractivity contribution in [2.24, 2.45) is 5.73 Å². The van der Waals surface area contributed by atoms with Crippen LogP contribution >= 0.6 is 0 Å². The van der Waals surface area contributed by atoms with Crippen LogP contribution in [0.3, 0.4) is 0 Å². The van der Waals surface area contributed by atoms with E-state index < -0.39 is 0 Å². The molecule has 1 atom stereocenters. The van der Waals surface area contributed by atoms with Crippen molar-refractivity contribution in [3.63, 3.8) is 0 Å². The second-order valence-electron chi connectivity index (χ2n) is 8.35. The Morgan fingerprint density at radius 2 is 1.78 bits per heavy atom. The summed E-state index contributed by atoms with van der Waals surface area (Å²) >= 11 is 0. The van der Waals surface area contributed by atoms with E-state index in [0.29, 0.717) is 11.7 Å². The van der Waals surface area contributed by atoms with E-state index in [4.69, 9.17) is 15.0 Å². The van der Waals surface area contributed by atoms with Crippen LogP contribution in [0.25, 0.3) is 22.8 Å². The first-order valence-electron chi connectivity index (χ1n) is 10.8. The van der Waals surface area contributed by atoms with E-state index >= 15 is 0 Å². The van der Waals surface area contributed by atoms with Gasteiger partial charge < -0.3 is 19.9 Å². The molecule has 2 N–H and O–H groups in total. The third-order valence-corrected chi connectivity index (χ3v) is 5.86. The van der Waals surface area contributed by atoms with E-state index in [1.807, 2.05) is 73.6 Å². The topological polar surface area (TPSA) is 77.4 Å². The summed E-state index contributed by atoms with van der Waals surface area (Å²) in [5, 5.41) is 4.18. The van der Waals surface area contributed by atoms with Crippen LogP contribution in [-0.2, 0) is 6.42 Å². The van der Waals surface area contributed by atoms with Gasteiger partial charge in [-0.25, -0.2) is 0 Å². The van der Waals surface area contributed by atoms with Crippen LogP contribution in [0.5, 0.6) is 11.5 Å². The molecule has 32 heavy (non-hydrogen) atoms. The van der Waals surface area contributed by atoms with Crippen molar-refractivity contribution >= 4 is 5.69 Å². The van der Waals surface area contributed by atoms with Gasteiger partial charge in [0, 0.05) is 43.0 Å². The zero-order valence-corrected chi connectivity index (χ0v) is 18.3. The third kappa shape index (κ3) is 4.09. The van der Waals surface area contributed by atoms with E-state index in [2.05, 4.69) is 22.3 Å². The second kappa shape index (κ2) is 8.48. The molecule has 162 valence electrons. The molecule has 6 heteroatoms. The van der Waals surface area contributed by atoms with Gasteiger partial charge in [0.15, 0.2) is 0 Å². The third-order valence-electron chi connectivity index (χ3n) is 5.86. The highest BCUT2D eigenvalue weighted by molar-refractivity contribution is 5.62. The van der Waals surface area contributed by atoms with Crippen molar-refractivity contribution in [3.8, 4) is 34.3 Å². The highest BCUT2D eigenvalue weighted by atomic mass is 16.5. The van der Waals surface area contributed by atoms with Gasteiger partial charge in [-0.15, -0.1) is 0 Å². The molecule has 0 bridgehead atoms. The predicted molar refractivity (Wildman–Crippen MR) is 126 cm³/mol. The number of benzene rings is 3. The van der Waals surface area contributed by atoms with Crippen molar-refractivity contribution in [1.29, 1.82) is 0 Å². The van der Waals surface area contributed by atoms with Gasteiger partial charge in [0.2, 0.25) is 5.82 Å². The van der Waals surface area contributed by atoms with Gasteiger partial charge in [-0.1, -0.05) is 17.3 Å². The number of ether oxygens (including phenoxy) is 1. The molecule has 6 nitrogen and oxygen atoms in total. The molecule has 1 unspecified atom stereocenters. The Morgan fingerprint density at radius 1 is 0.969 bits per heavy atom. The van der Waals surface area contributed by atoms with Crippen LogP contribution in [0.15, 0.2) is 71.3 Å². The molecule has 0 saturated heterocycles. The lowest BCUT2D eigenvalue weighted by Gasteiger charge is -2.22. The molecule has 1 aromatic heterocycles. The van der Waals surface area contributed by atoms with E-state index in [1.54, 1.807) is 0 Å². The van der Waals surface area contributed by atoms with Crippen molar-refractivity contribution in [3.05, 3.63) is 77.9 Å². The lowest BCUT2D eigenvalue weighted by molar-refractivity contribution is 0.432. The number of hydrogen-bond donors (Lipinski definition) is 1. The molecule has 1 aliphatic carbocycles. The number of fused-ring (bicyclic) bond motifs is 1. The molecule has 0 saturated carbocycles. The highest BCUT2D eigenvalue weighted by Crippen LogP contribution is 2.32. The van der Waals surface area contributed by atoms with Gasteiger partial charge >= 0.3 is 0 Å². The first-order valence-corrected chi connectivity index (χ1v) is 10.8. The minimum Gasteiger partial charge on any atom is -0.457 e. The van der Waals surface area contributed by atoms with Crippen LogP contribution in [0.1, 0.15) is 30.0 Å². The zero-order valence-electron chi connectivity index (χ0n) is 18.3. The minimum atomic E-state index is 0.122. The molecule has 1 heterocycles. The molecule has 0 amide bonds. The smallest absolute Gasteiger partial charge is 0.258 e. The fourth-order valence-electron chi connectivity index (χ4n) is 4.08. The van der Waals surface area contributed by atoms with Crippen molar-refractivity contribution < 1.29 is 9.26 Å². The molecule has 1 aliphatic rings. The lowest BCUT2D eigenvalue weighted by atomic mass is 9.87. The Morgan fingerprint density at radius 3 is 2.59 bits per heavy atom. The number of aromatic nitrogens is 2. The first-order chi connectivity index (χ1) is 15.6. The summed E-state index contributed by atoms with van der Waals surface area (Å²) in [4.78, 5) is 6.65. The van der Waals surface area contributed by atoms with E-state index in [1.165, 1.54) is 11.1 Å². The summed E-state index contributed by atoms with van der Waals surface area (Å²) < 4.78 is 11.6. The van der Waals surface area contributed by atoms with E-state index in [9.17, 15) is 0 Å². The molecule has 0 fully saturated rings. The second-order valence-corrected chi connectivity index (χ2v) is 8.35. The molecule has 0 radical (unpaired) electrons. The van der Waals surface area contributed by atoms with Gasteiger partial charge in [-0.2, -0.15) is 4.98 Å². The highest BCUT2D eigenvalue weighted by Gasteiger charge is 2.19. The Hall–Kier alpha value is -3.64. The van der Waals surface area contributed by atoms with E-state index in [-0.39, 0.29) is 6.04 Å². The Balaban J connectivity index is 1.33. The zero-order chi connectivity index (χ0) is 22.1. The maximum Gasteiger partial charge on any atom is 0.258 e. The van der Waals surface area contributed by atoms with Crippen molar-refractivity contribution in [2.75, 3.05) is 19.0 Å². The maximum atomic E-state index is 6.23. The molecule has 4 aromatic rings. The van der Waals surface area contributed by atoms with Gasteiger partial charge in [-0.05, 0) is 78.9 Å². The molecular weight excluding hydrogens is 400 g/mol. The molecule has 0 aliphatic heterocycles. The standard InChI is InChI=1S/C26H26N4O2/c1-30(2)20-6-4-7-22(16-20)31-21-12-9-17(10-13-21)25-28-26(32-29-25)19-11-14-23-18(15-19)5-3-8-24(23)27/h4,6-7,9-16,24H,3,5,8,27H2,1-2H3.